The third-order valence-electron chi connectivity index (χ3n) is 4.84. The van der Waals surface area contributed by atoms with Crippen molar-refractivity contribution in [2.24, 2.45) is 17.1 Å². The lowest BCUT2D eigenvalue weighted by Crippen LogP contribution is -2.44. The summed E-state index contributed by atoms with van der Waals surface area (Å²) < 4.78 is 0. The second kappa shape index (κ2) is 4.84. The fourth-order valence-corrected chi connectivity index (χ4v) is 3.66. The molecule has 2 fully saturated rings. The maximum atomic E-state index is 6.09. The summed E-state index contributed by atoms with van der Waals surface area (Å²) >= 11 is 0. The van der Waals surface area contributed by atoms with Crippen molar-refractivity contribution < 1.29 is 0 Å². The standard InChI is InChI=1S/C13H26N2/c1-15-9-5-12(6-10-15)13(11-14)7-3-2-4-8-13/h12H,2-11,14H2,1H3. The van der Waals surface area contributed by atoms with Crippen LogP contribution in [0.1, 0.15) is 44.9 Å². The van der Waals surface area contributed by atoms with Gasteiger partial charge in [-0.1, -0.05) is 19.3 Å². The summed E-state index contributed by atoms with van der Waals surface area (Å²) in [5.74, 6) is 0.916. The van der Waals surface area contributed by atoms with E-state index in [1.165, 1.54) is 58.0 Å². The number of nitrogens with two attached hydrogens (primary N) is 1. The molecule has 0 amide bonds. The molecule has 1 aliphatic carbocycles. The lowest BCUT2D eigenvalue weighted by molar-refractivity contribution is 0.0551. The van der Waals surface area contributed by atoms with Crippen molar-refractivity contribution in [3.05, 3.63) is 0 Å². The van der Waals surface area contributed by atoms with E-state index in [0.29, 0.717) is 5.41 Å². The third-order valence-corrected chi connectivity index (χ3v) is 4.84. The van der Waals surface area contributed by atoms with E-state index in [0.717, 1.165) is 12.5 Å². The van der Waals surface area contributed by atoms with Gasteiger partial charge in [-0.2, -0.15) is 0 Å². The molecule has 0 spiro atoms. The summed E-state index contributed by atoms with van der Waals surface area (Å²) in [7, 11) is 2.24. The molecule has 0 unspecified atom stereocenters. The second-order valence-corrected chi connectivity index (χ2v) is 5.70. The normalized spacial score (nSPS) is 29.2. The highest BCUT2D eigenvalue weighted by Gasteiger charge is 2.39. The van der Waals surface area contributed by atoms with Crippen LogP contribution in [0, 0.1) is 11.3 Å². The van der Waals surface area contributed by atoms with Gasteiger partial charge in [-0.25, -0.2) is 0 Å². The minimum atomic E-state index is 0.527. The first kappa shape index (κ1) is 11.4. The van der Waals surface area contributed by atoms with Crippen molar-refractivity contribution in [3.8, 4) is 0 Å². The number of hydrogen-bond donors (Lipinski definition) is 1. The Morgan fingerprint density at radius 2 is 1.73 bits per heavy atom. The molecule has 1 aliphatic heterocycles. The molecule has 1 saturated carbocycles. The van der Waals surface area contributed by atoms with Crippen LogP contribution < -0.4 is 5.73 Å². The Morgan fingerprint density at radius 1 is 1.13 bits per heavy atom. The van der Waals surface area contributed by atoms with Gasteiger partial charge >= 0.3 is 0 Å². The molecule has 0 aromatic heterocycles. The Labute approximate surface area is 94.2 Å². The van der Waals surface area contributed by atoms with Crippen LogP contribution >= 0.6 is 0 Å². The molecule has 2 aliphatic rings. The number of rotatable bonds is 2. The van der Waals surface area contributed by atoms with Gasteiger partial charge in [-0.3, -0.25) is 0 Å². The second-order valence-electron chi connectivity index (χ2n) is 5.70. The molecule has 1 heterocycles. The van der Waals surface area contributed by atoms with Gasteiger partial charge in [0.05, 0.1) is 0 Å². The predicted octanol–water partition coefficient (Wildman–Crippen LogP) is 2.24. The highest BCUT2D eigenvalue weighted by molar-refractivity contribution is 4.92. The van der Waals surface area contributed by atoms with E-state index in [9.17, 15) is 0 Å². The van der Waals surface area contributed by atoms with Crippen LogP contribution in [0.25, 0.3) is 0 Å². The Balaban J connectivity index is 1.98. The monoisotopic (exact) mass is 210 g/mol. The van der Waals surface area contributed by atoms with Crippen LogP contribution in [-0.4, -0.2) is 31.6 Å². The average Bonchev–Trinajstić information content (AvgIpc) is 2.31. The van der Waals surface area contributed by atoms with Crippen LogP contribution in [0.3, 0.4) is 0 Å². The molecule has 2 rings (SSSR count). The van der Waals surface area contributed by atoms with Crippen LogP contribution in [0.4, 0.5) is 0 Å². The molecule has 2 nitrogen and oxygen atoms in total. The molecule has 0 aromatic carbocycles. The molecule has 0 radical (unpaired) electrons. The largest absolute Gasteiger partial charge is 0.330 e. The van der Waals surface area contributed by atoms with E-state index in [1.54, 1.807) is 0 Å². The van der Waals surface area contributed by atoms with Crippen molar-refractivity contribution in [2.45, 2.75) is 44.9 Å². The van der Waals surface area contributed by atoms with E-state index in [-0.39, 0.29) is 0 Å². The fraction of sp³-hybridized carbons (Fsp3) is 1.00. The Morgan fingerprint density at radius 3 is 2.27 bits per heavy atom. The van der Waals surface area contributed by atoms with Gasteiger partial charge in [-0.05, 0) is 63.7 Å². The lowest BCUT2D eigenvalue weighted by atomic mass is 9.63. The Hall–Kier alpha value is -0.0800. The minimum Gasteiger partial charge on any atom is -0.330 e. The smallest absolute Gasteiger partial charge is 0.00179 e. The number of hydrogen-bond acceptors (Lipinski definition) is 2. The molecule has 15 heavy (non-hydrogen) atoms. The van der Waals surface area contributed by atoms with Crippen molar-refractivity contribution >= 4 is 0 Å². The van der Waals surface area contributed by atoms with Crippen LogP contribution in [-0.2, 0) is 0 Å². The summed E-state index contributed by atoms with van der Waals surface area (Å²) in [5, 5.41) is 0. The van der Waals surface area contributed by atoms with E-state index >= 15 is 0 Å². The lowest BCUT2D eigenvalue weighted by Gasteiger charge is -2.46. The average molecular weight is 210 g/mol. The number of nitrogens with zero attached hydrogens (tertiary/aromatic N) is 1. The first-order chi connectivity index (χ1) is 7.27. The van der Waals surface area contributed by atoms with Crippen LogP contribution in [0.15, 0.2) is 0 Å². The van der Waals surface area contributed by atoms with Gasteiger partial charge in [0.2, 0.25) is 0 Å². The summed E-state index contributed by atoms with van der Waals surface area (Å²) in [4.78, 5) is 2.46. The first-order valence-electron chi connectivity index (χ1n) is 6.65. The van der Waals surface area contributed by atoms with Gasteiger partial charge in [0, 0.05) is 0 Å². The van der Waals surface area contributed by atoms with Crippen molar-refractivity contribution in [3.63, 3.8) is 0 Å². The number of piperidine rings is 1. The highest BCUT2D eigenvalue weighted by atomic mass is 15.1. The van der Waals surface area contributed by atoms with E-state index in [4.69, 9.17) is 5.73 Å². The van der Waals surface area contributed by atoms with Gasteiger partial charge in [0.25, 0.3) is 0 Å². The maximum absolute atomic E-state index is 6.09. The number of likely N-dealkylation sites (tertiary alicyclic amines) is 1. The van der Waals surface area contributed by atoms with Crippen molar-refractivity contribution in [1.82, 2.24) is 4.90 Å². The van der Waals surface area contributed by atoms with Gasteiger partial charge in [-0.15, -0.1) is 0 Å². The van der Waals surface area contributed by atoms with Crippen molar-refractivity contribution in [2.75, 3.05) is 26.7 Å². The summed E-state index contributed by atoms with van der Waals surface area (Å²) in [5.41, 5.74) is 6.62. The van der Waals surface area contributed by atoms with E-state index < -0.39 is 0 Å². The van der Waals surface area contributed by atoms with E-state index in [1.807, 2.05) is 0 Å². The van der Waals surface area contributed by atoms with Crippen LogP contribution in [0.5, 0.6) is 0 Å². The van der Waals surface area contributed by atoms with Crippen molar-refractivity contribution in [1.29, 1.82) is 0 Å². The molecule has 1 saturated heterocycles. The minimum absolute atomic E-state index is 0.527. The Bertz CT molecular complexity index is 189. The summed E-state index contributed by atoms with van der Waals surface area (Å²) in [6.45, 7) is 3.50. The third kappa shape index (κ3) is 2.36. The first-order valence-corrected chi connectivity index (χ1v) is 6.65. The predicted molar refractivity (Wildman–Crippen MR) is 64.8 cm³/mol. The highest BCUT2D eigenvalue weighted by Crippen LogP contribution is 2.45. The topological polar surface area (TPSA) is 29.3 Å². The molecular weight excluding hydrogens is 184 g/mol. The molecule has 0 bridgehead atoms. The molecule has 2 heteroatoms. The molecule has 0 atom stereocenters. The summed E-state index contributed by atoms with van der Waals surface area (Å²) in [6.07, 6.45) is 9.85. The Kier molecular flexibility index (Phi) is 3.68. The zero-order valence-electron chi connectivity index (χ0n) is 10.2. The molecule has 0 aromatic rings. The van der Waals surface area contributed by atoms with Gasteiger partial charge in [0.1, 0.15) is 0 Å². The molecular formula is C13H26N2. The fourth-order valence-electron chi connectivity index (χ4n) is 3.66. The van der Waals surface area contributed by atoms with E-state index in [2.05, 4.69) is 11.9 Å². The molecule has 2 N–H and O–H groups in total. The maximum Gasteiger partial charge on any atom is -0.00179 e. The SMILES string of the molecule is CN1CCC(C2(CN)CCCCC2)CC1. The summed E-state index contributed by atoms with van der Waals surface area (Å²) in [6, 6.07) is 0. The van der Waals surface area contributed by atoms with Gasteiger partial charge < -0.3 is 10.6 Å². The quantitative estimate of drug-likeness (QED) is 0.757. The van der Waals surface area contributed by atoms with Crippen LogP contribution in [0.2, 0.25) is 0 Å². The molecule has 88 valence electrons. The zero-order valence-corrected chi connectivity index (χ0v) is 10.2. The van der Waals surface area contributed by atoms with Gasteiger partial charge in [0.15, 0.2) is 0 Å². The zero-order chi connectivity index (χ0) is 10.7.